The average Bonchev–Trinajstić information content (AvgIpc) is 2.89. The molecule has 1 aliphatic heterocycles. The first-order valence-electron chi connectivity index (χ1n) is 7.85. The van der Waals surface area contributed by atoms with Gasteiger partial charge in [0.2, 0.25) is 11.8 Å². The van der Waals surface area contributed by atoms with Crippen LogP contribution in [0.2, 0.25) is 0 Å². The third kappa shape index (κ3) is 4.24. The van der Waals surface area contributed by atoms with Crippen LogP contribution in [-0.4, -0.2) is 57.7 Å². The highest BCUT2D eigenvalue weighted by Gasteiger charge is 2.39. The van der Waals surface area contributed by atoms with Crippen molar-refractivity contribution in [1.82, 2.24) is 4.90 Å². The first kappa shape index (κ1) is 18.2. The van der Waals surface area contributed by atoms with E-state index in [-0.39, 0.29) is 18.4 Å². The molecule has 1 heterocycles. The zero-order valence-corrected chi connectivity index (χ0v) is 14.6. The Kier molecular flexibility index (Phi) is 5.80. The minimum absolute atomic E-state index is 0.0536. The highest BCUT2D eigenvalue weighted by molar-refractivity contribution is 6.02. The Hall–Kier alpha value is -2.12. The van der Waals surface area contributed by atoms with E-state index in [1.54, 1.807) is 25.3 Å². The fourth-order valence-electron chi connectivity index (χ4n) is 2.83. The van der Waals surface area contributed by atoms with Gasteiger partial charge in [-0.25, -0.2) is 0 Å². The third-order valence-electron chi connectivity index (χ3n) is 4.24. The highest BCUT2D eigenvalue weighted by atomic mass is 16.5. The van der Waals surface area contributed by atoms with E-state index in [0.717, 1.165) is 13.0 Å². The van der Waals surface area contributed by atoms with E-state index in [1.807, 2.05) is 14.0 Å². The number of likely N-dealkylation sites (tertiary alicyclic amines) is 1. The van der Waals surface area contributed by atoms with E-state index < -0.39 is 5.41 Å². The van der Waals surface area contributed by atoms with Crippen LogP contribution >= 0.6 is 0 Å². The lowest BCUT2D eigenvalue weighted by molar-refractivity contribution is -0.124. The molecular weight excluding hydrogens is 310 g/mol. The monoisotopic (exact) mass is 335 g/mol. The lowest BCUT2D eigenvalue weighted by atomic mass is 9.88. The van der Waals surface area contributed by atoms with Crippen LogP contribution in [0.3, 0.4) is 0 Å². The summed E-state index contributed by atoms with van der Waals surface area (Å²) in [4.78, 5) is 26.6. The van der Waals surface area contributed by atoms with E-state index in [9.17, 15) is 9.59 Å². The second-order valence-electron chi connectivity index (χ2n) is 6.40. The highest BCUT2D eigenvalue weighted by Crippen LogP contribution is 2.33. The fourth-order valence-corrected chi connectivity index (χ4v) is 2.83. The van der Waals surface area contributed by atoms with Gasteiger partial charge in [-0.3, -0.25) is 9.59 Å². The first-order chi connectivity index (χ1) is 11.4. The Balaban J connectivity index is 2.20. The van der Waals surface area contributed by atoms with Crippen molar-refractivity contribution >= 4 is 23.2 Å². The van der Waals surface area contributed by atoms with Crippen LogP contribution in [-0.2, 0) is 14.3 Å². The first-order valence-corrected chi connectivity index (χ1v) is 7.85. The molecule has 1 aromatic rings. The van der Waals surface area contributed by atoms with Gasteiger partial charge in [-0.1, -0.05) is 0 Å². The number of nitrogens with one attached hydrogen (secondary N) is 2. The summed E-state index contributed by atoms with van der Waals surface area (Å²) in [6, 6.07) is 5.12. The largest absolute Gasteiger partial charge is 0.497 e. The molecule has 0 radical (unpaired) electrons. The summed E-state index contributed by atoms with van der Waals surface area (Å²) in [7, 11) is 5.01. The Bertz CT molecular complexity index is 620. The van der Waals surface area contributed by atoms with Gasteiger partial charge in [-0.2, -0.15) is 0 Å². The van der Waals surface area contributed by atoms with Crippen molar-refractivity contribution in [3.63, 3.8) is 0 Å². The van der Waals surface area contributed by atoms with E-state index in [4.69, 9.17) is 9.47 Å². The summed E-state index contributed by atoms with van der Waals surface area (Å²) in [6.07, 6.45) is 0.796. The normalized spacial score (nSPS) is 20.7. The second-order valence-corrected chi connectivity index (χ2v) is 6.40. The summed E-state index contributed by atoms with van der Waals surface area (Å²) >= 11 is 0. The van der Waals surface area contributed by atoms with Gasteiger partial charge in [-0.05, 0) is 39.1 Å². The van der Waals surface area contributed by atoms with Crippen molar-refractivity contribution in [2.24, 2.45) is 5.41 Å². The van der Waals surface area contributed by atoms with Gasteiger partial charge >= 0.3 is 0 Å². The van der Waals surface area contributed by atoms with Crippen molar-refractivity contribution in [3.8, 4) is 5.75 Å². The Morgan fingerprint density at radius 2 is 2.00 bits per heavy atom. The lowest BCUT2D eigenvalue weighted by Crippen LogP contribution is -2.36. The molecule has 2 N–H and O–H groups in total. The standard InChI is InChI=1S/C17H25N3O4/c1-17(7-8-20(2)11-17)16(22)19-14-9-12(24-4)5-6-13(14)18-15(21)10-23-3/h5-6,9H,7-8,10-11H2,1-4H3,(H,18,21)(H,19,22). The molecule has 24 heavy (non-hydrogen) atoms. The number of rotatable bonds is 6. The lowest BCUT2D eigenvalue weighted by Gasteiger charge is -2.24. The number of nitrogens with zero attached hydrogens (tertiary/aromatic N) is 1. The molecular formula is C17H25N3O4. The molecule has 0 spiro atoms. The van der Waals surface area contributed by atoms with Crippen LogP contribution < -0.4 is 15.4 Å². The molecule has 1 atom stereocenters. The topological polar surface area (TPSA) is 79.9 Å². The molecule has 0 saturated carbocycles. The number of benzene rings is 1. The van der Waals surface area contributed by atoms with Crippen molar-refractivity contribution < 1.29 is 19.1 Å². The molecule has 2 amide bonds. The van der Waals surface area contributed by atoms with Gasteiger partial charge in [-0.15, -0.1) is 0 Å². The molecule has 1 aromatic carbocycles. The van der Waals surface area contributed by atoms with E-state index >= 15 is 0 Å². The zero-order chi connectivity index (χ0) is 17.7. The number of carbonyl (C=O) groups is 2. The number of amides is 2. The van der Waals surface area contributed by atoms with Crippen molar-refractivity contribution in [1.29, 1.82) is 0 Å². The van der Waals surface area contributed by atoms with E-state index in [2.05, 4.69) is 15.5 Å². The fraction of sp³-hybridized carbons (Fsp3) is 0.529. The number of ether oxygens (including phenoxy) is 2. The maximum absolute atomic E-state index is 12.7. The van der Waals surface area contributed by atoms with Crippen LogP contribution in [0.4, 0.5) is 11.4 Å². The smallest absolute Gasteiger partial charge is 0.250 e. The number of methoxy groups -OCH3 is 2. The third-order valence-corrected chi connectivity index (χ3v) is 4.24. The maximum atomic E-state index is 12.7. The molecule has 132 valence electrons. The summed E-state index contributed by atoms with van der Waals surface area (Å²) in [5.74, 6) is 0.246. The number of hydrogen-bond acceptors (Lipinski definition) is 5. The molecule has 7 nitrogen and oxygen atoms in total. The predicted molar refractivity (Wildman–Crippen MR) is 92.4 cm³/mol. The molecule has 1 unspecified atom stereocenters. The number of anilines is 2. The Labute approximate surface area is 142 Å². The summed E-state index contributed by atoms with van der Waals surface area (Å²) in [5.41, 5.74) is 0.576. The van der Waals surface area contributed by atoms with Gasteiger partial charge in [0, 0.05) is 19.7 Å². The van der Waals surface area contributed by atoms with Crippen LogP contribution in [0.25, 0.3) is 0 Å². The van der Waals surface area contributed by atoms with Gasteiger partial charge in [0.15, 0.2) is 0 Å². The summed E-state index contributed by atoms with van der Waals surface area (Å²) in [5, 5.41) is 5.67. The average molecular weight is 335 g/mol. The van der Waals surface area contributed by atoms with Crippen molar-refractivity contribution in [2.75, 3.05) is 51.6 Å². The minimum atomic E-state index is -0.453. The van der Waals surface area contributed by atoms with Crippen molar-refractivity contribution in [3.05, 3.63) is 18.2 Å². The summed E-state index contributed by atoms with van der Waals surface area (Å²) < 4.78 is 10.0. The molecule has 1 saturated heterocycles. The molecule has 1 aliphatic rings. The molecule has 0 bridgehead atoms. The van der Waals surface area contributed by atoms with Crippen LogP contribution in [0, 0.1) is 5.41 Å². The van der Waals surface area contributed by atoms with Crippen LogP contribution in [0.1, 0.15) is 13.3 Å². The van der Waals surface area contributed by atoms with Crippen LogP contribution in [0.5, 0.6) is 5.75 Å². The molecule has 2 rings (SSSR count). The second kappa shape index (κ2) is 7.63. The Morgan fingerprint density at radius 3 is 2.58 bits per heavy atom. The molecule has 7 heteroatoms. The summed E-state index contributed by atoms with van der Waals surface area (Å²) in [6.45, 7) is 3.49. The molecule has 0 aromatic heterocycles. The van der Waals surface area contributed by atoms with Gasteiger partial charge in [0.05, 0.1) is 23.9 Å². The Morgan fingerprint density at radius 1 is 1.25 bits per heavy atom. The predicted octanol–water partition coefficient (Wildman–Crippen LogP) is 1.56. The van der Waals surface area contributed by atoms with Gasteiger partial charge < -0.3 is 25.0 Å². The van der Waals surface area contributed by atoms with Gasteiger partial charge in [0.1, 0.15) is 12.4 Å². The van der Waals surface area contributed by atoms with Crippen molar-refractivity contribution in [2.45, 2.75) is 13.3 Å². The van der Waals surface area contributed by atoms with Crippen LogP contribution in [0.15, 0.2) is 18.2 Å². The van der Waals surface area contributed by atoms with E-state index in [0.29, 0.717) is 23.7 Å². The molecule has 0 aliphatic carbocycles. The maximum Gasteiger partial charge on any atom is 0.250 e. The van der Waals surface area contributed by atoms with E-state index in [1.165, 1.54) is 7.11 Å². The molecule has 1 fully saturated rings. The number of hydrogen-bond donors (Lipinski definition) is 2. The SMILES string of the molecule is COCC(=O)Nc1ccc(OC)cc1NC(=O)C1(C)CCN(C)C1. The van der Waals surface area contributed by atoms with Gasteiger partial charge in [0.25, 0.3) is 0 Å². The minimum Gasteiger partial charge on any atom is -0.497 e. The zero-order valence-electron chi connectivity index (χ0n) is 14.6. The quantitative estimate of drug-likeness (QED) is 0.825. The number of carbonyl (C=O) groups excluding carboxylic acids is 2.